The maximum Gasteiger partial charge on any atom is 0.308 e. The SMILES string of the molecule is CC(=O)Oc1ccccc1SC=Cc1ccc(Br)cc1. The fraction of sp³-hybridized carbons (Fsp3) is 0.0625. The molecule has 0 bridgehead atoms. The van der Waals surface area contributed by atoms with E-state index in [9.17, 15) is 4.79 Å². The lowest BCUT2D eigenvalue weighted by molar-refractivity contribution is -0.132. The van der Waals surface area contributed by atoms with Crippen LogP contribution in [0.3, 0.4) is 0 Å². The molecule has 102 valence electrons. The number of thioether (sulfide) groups is 1. The van der Waals surface area contributed by atoms with Crippen molar-refractivity contribution in [3.8, 4) is 5.75 Å². The number of benzene rings is 2. The lowest BCUT2D eigenvalue weighted by Crippen LogP contribution is -2.01. The molecule has 0 fully saturated rings. The van der Waals surface area contributed by atoms with E-state index in [2.05, 4.69) is 15.9 Å². The van der Waals surface area contributed by atoms with E-state index in [1.807, 2.05) is 53.9 Å². The Labute approximate surface area is 131 Å². The summed E-state index contributed by atoms with van der Waals surface area (Å²) in [5, 5.41) is 1.98. The van der Waals surface area contributed by atoms with Gasteiger partial charge >= 0.3 is 5.97 Å². The van der Waals surface area contributed by atoms with E-state index in [1.54, 1.807) is 6.07 Å². The summed E-state index contributed by atoms with van der Waals surface area (Å²) in [5.74, 6) is 0.278. The van der Waals surface area contributed by atoms with Crippen molar-refractivity contribution in [1.82, 2.24) is 0 Å². The van der Waals surface area contributed by atoms with Crippen molar-refractivity contribution in [2.45, 2.75) is 11.8 Å². The number of hydrogen-bond donors (Lipinski definition) is 0. The average molecular weight is 349 g/mol. The van der Waals surface area contributed by atoms with Gasteiger partial charge in [0.25, 0.3) is 0 Å². The maximum absolute atomic E-state index is 11.0. The van der Waals surface area contributed by atoms with Crippen molar-refractivity contribution >= 4 is 39.7 Å². The summed E-state index contributed by atoms with van der Waals surface area (Å²) in [6.45, 7) is 1.40. The van der Waals surface area contributed by atoms with Gasteiger partial charge in [0, 0.05) is 11.4 Å². The highest BCUT2D eigenvalue weighted by atomic mass is 79.9. The van der Waals surface area contributed by atoms with Crippen LogP contribution in [0.2, 0.25) is 0 Å². The van der Waals surface area contributed by atoms with E-state index in [0.717, 1.165) is 14.9 Å². The van der Waals surface area contributed by atoms with E-state index in [0.29, 0.717) is 5.75 Å². The van der Waals surface area contributed by atoms with Crippen LogP contribution in [0, 0.1) is 0 Å². The van der Waals surface area contributed by atoms with Crippen molar-refractivity contribution in [2.75, 3.05) is 0 Å². The Balaban J connectivity index is 2.07. The minimum absolute atomic E-state index is 0.310. The van der Waals surface area contributed by atoms with Gasteiger partial charge < -0.3 is 4.74 Å². The second kappa shape index (κ2) is 7.31. The molecule has 0 unspecified atom stereocenters. The molecule has 2 aromatic carbocycles. The molecule has 0 N–H and O–H groups in total. The zero-order valence-electron chi connectivity index (χ0n) is 10.9. The van der Waals surface area contributed by atoms with Crippen molar-refractivity contribution in [3.63, 3.8) is 0 Å². The topological polar surface area (TPSA) is 26.3 Å². The second-order valence-corrected chi connectivity index (χ2v) is 5.88. The summed E-state index contributed by atoms with van der Waals surface area (Å²) in [4.78, 5) is 12.0. The molecule has 0 aromatic heterocycles. The van der Waals surface area contributed by atoms with E-state index >= 15 is 0 Å². The summed E-state index contributed by atoms with van der Waals surface area (Å²) < 4.78 is 6.22. The molecule has 0 aliphatic carbocycles. The van der Waals surface area contributed by atoms with Crippen molar-refractivity contribution in [3.05, 3.63) is 64.0 Å². The number of rotatable bonds is 4. The van der Waals surface area contributed by atoms with E-state index in [-0.39, 0.29) is 5.97 Å². The number of para-hydroxylation sites is 1. The van der Waals surface area contributed by atoms with Gasteiger partial charge in [-0.3, -0.25) is 4.79 Å². The molecule has 0 saturated carbocycles. The molecule has 2 nitrogen and oxygen atoms in total. The van der Waals surface area contributed by atoms with Gasteiger partial charge in [-0.2, -0.15) is 0 Å². The number of carbonyl (C=O) groups excluding carboxylic acids is 1. The molecule has 0 amide bonds. The highest BCUT2D eigenvalue weighted by Crippen LogP contribution is 2.30. The predicted molar refractivity (Wildman–Crippen MR) is 86.8 cm³/mol. The molecule has 0 aliphatic heterocycles. The zero-order chi connectivity index (χ0) is 14.4. The van der Waals surface area contributed by atoms with Crippen LogP contribution in [0.1, 0.15) is 12.5 Å². The minimum atomic E-state index is -0.310. The van der Waals surface area contributed by atoms with Crippen LogP contribution >= 0.6 is 27.7 Å². The van der Waals surface area contributed by atoms with Crippen LogP contribution < -0.4 is 4.74 Å². The quantitative estimate of drug-likeness (QED) is 0.434. The lowest BCUT2D eigenvalue weighted by Gasteiger charge is -2.05. The summed E-state index contributed by atoms with van der Waals surface area (Å²) in [6, 6.07) is 15.5. The van der Waals surface area contributed by atoms with Gasteiger partial charge in [0.15, 0.2) is 0 Å². The Morgan fingerprint density at radius 2 is 1.85 bits per heavy atom. The third kappa shape index (κ3) is 4.54. The number of halogens is 1. The van der Waals surface area contributed by atoms with Crippen LogP contribution in [0.4, 0.5) is 0 Å². The molecule has 2 aromatic rings. The summed E-state index contributed by atoms with van der Waals surface area (Å²) in [6.07, 6.45) is 2.02. The fourth-order valence-corrected chi connectivity index (χ4v) is 2.57. The second-order valence-electron chi connectivity index (χ2n) is 4.01. The van der Waals surface area contributed by atoms with Gasteiger partial charge in [-0.25, -0.2) is 0 Å². The van der Waals surface area contributed by atoms with Crippen LogP contribution in [0.5, 0.6) is 5.75 Å². The molecule has 0 heterocycles. The van der Waals surface area contributed by atoms with Crippen LogP contribution in [-0.2, 0) is 4.79 Å². The summed E-state index contributed by atoms with van der Waals surface area (Å²) >= 11 is 4.92. The van der Waals surface area contributed by atoms with Crippen LogP contribution in [0.25, 0.3) is 6.08 Å². The van der Waals surface area contributed by atoms with Gasteiger partial charge in [0.2, 0.25) is 0 Å². The van der Waals surface area contributed by atoms with Gasteiger partial charge in [-0.1, -0.05) is 52.0 Å². The average Bonchev–Trinajstić information content (AvgIpc) is 2.42. The fourth-order valence-electron chi connectivity index (χ4n) is 1.55. The normalized spacial score (nSPS) is 10.7. The largest absolute Gasteiger partial charge is 0.426 e. The number of carbonyl (C=O) groups is 1. The lowest BCUT2D eigenvalue weighted by atomic mass is 10.2. The van der Waals surface area contributed by atoms with Crippen molar-refractivity contribution in [2.24, 2.45) is 0 Å². The third-order valence-electron chi connectivity index (χ3n) is 2.43. The molecule has 0 aliphatic rings. The van der Waals surface area contributed by atoms with E-state index in [4.69, 9.17) is 4.74 Å². The molecular weight excluding hydrogens is 336 g/mol. The zero-order valence-corrected chi connectivity index (χ0v) is 13.3. The standard InChI is InChI=1S/C16H13BrO2S/c1-12(18)19-15-4-2-3-5-16(15)20-11-10-13-6-8-14(17)9-7-13/h2-11H,1H3. The van der Waals surface area contributed by atoms with Gasteiger partial charge in [-0.05, 0) is 41.3 Å². The van der Waals surface area contributed by atoms with Crippen LogP contribution in [0.15, 0.2) is 63.3 Å². The van der Waals surface area contributed by atoms with Crippen LogP contribution in [-0.4, -0.2) is 5.97 Å². The summed E-state index contributed by atoms with van der Waals surface area (Å²) in [7, 11) is 0. The molecular formula is C16H13BrO2S. The number of esters is 1. The first kappa shape index (κ1) is 14.9. The summed E-state index contributed by atoms with van der Waals surface area (Å²) in [5.41, 5.74) is 1.12. The molecule has 20 heavy (non-hydrogen) atoms. The molecule has 0 spiro atoms. The van der Waals surface area contributed by atoms with Gasteiger partial charge in [-0.15, -0.1) is 0 Å². The first-order chi connectivity index (χ1) is 9.65. The third-order valence-corrected chi connectivity index (χ3v) is 3.82. The Hall–Kier alpha value is -1.52. The van der Waals surface area contributed by atoms with Gasteiger partial charge in [0.1, 0.15) is 5.75 Å². The Kier molecular flexibility index (Phi) is 5.44. The number of ether oxygens (including phenoxy) is 1. The molecule has 0 atom stereocenters. The highest BCUT2D eigenvalue weighted by molar-refractivity contribution is 9.10. The van der Waals surface area contributed by atoms with Gasteiger partial charge in [0.05, 0.1) is 4.90 Å². The van der Waals surface area contributed by atoms with E-state index in [1.165, 1.54) is 18.7 Å². The Morgan fingerprint density at radius 1 is 1.15 bits per heavy atom. The first-order valence-electron chi connectivity index (χ1n) is 6.01. The monoisotopic (exact) mass is 348 g/mol. The van der Waals surface area contributed by atoms with Crippen molar-refractivity contribution < 1.29 is 9.53 Å². The Bertz CT molecular complexity index is 621. The number of hydrogen-bond acceptors (Lipinski definition) is 3. The minimum Gasteiger partial charge on any atom is -0.426 e. The smallest absolute Gasteiger partial charge is 0.308 e. The molecule has 4 heteroatoms. The maximum atomic E-state index is 11.0. The van der Waals surface area contributed by atoms with Crippen molar-refractivity contribution in [1.29, 1.82) is 0 Å². The molecule has 0 saturated heterocycles. The highest BCUT2D eigenvalue weighted by Gasteiger charge is 2.04. The molecule has 2 rings (SSSR count). The van der Waals surface area contributed by atoms with E-state index < -0.39 is 0 Å². The predicted octanol–water partition coefficient (Wildman–Crippen LogP) is 5.14. The molecule has 0 radical (unpaired) electrons. The first-order valence-corrected chi connectivity index (χ1v) is 7.68. The Morgan fingerprint density at radius 3 is 2.55 bits per heavy atom.